The van der Waals surface area contributed by atoms with Gasteiger partial charge in [0.05, 0.1) is 17.3 Å². The number of fused-ring (bicyclic) bond motifs is 1. The Labute approximate surface area is 177 Å². The van der Waals surface area contributed by atoms with Crippen LogP contribution in [0, 0.1) is 0 Å². The van der Waals surface area contributed by atoms with Gasteiger partial charge in [-0.15, -0.1) is 10.2 Å². The average Bonchev–Trinajstić information content (AvgIpc) is 3.45. The van der Waals surface area contributed by atoms with Crippen LogP contribution >= 0.6 is 11.3 Å². The van der Waals surface area contributed by atoms with Crippen LogP contribution in [-0.2, 0) is 0 Å². The molecule has 0 aliphatic carbocycles. The van der Waals surface area contributed by atoms with Crippen molar-refractivity contribution in [2.24, 2.45) is 0 Å². The lowest BCUT2D eigenvalue weighted by Crippen LogP contribution is -2.12. The number of hydrogen-bond acceptors (Lipinski definition) is 7. The number of benzene rings is 3. The molecule has 5 rings (SSSR count). The SMILES string of the molecule is COc1ccc(-c2nnc(C(Nc3nc4ccccc4s3)c3ccccc3)o2)cc1. The Balaban J connectivity index is 1.50. The number of methoxy groups -OCH3 is 1. The summed E-state index contributed by atoms with van der Waals surface area (Å²) in [7, 11) is 1.64. The first-order valence-corrected chi connectivity index (χ1v) is 10.3. The van der Waals surface area contributed by atoms with Crippen LogP contribution in [0.3, 0.4) is 0 Å². The zero-order valence-electron chi connectivity index (χ0n) is 16.1. The predicted molar refractivity (Wildman–Crippen MR) is 118 cm³/mol. The lowest BCUT2D eigenvalue weighted by atomic mass is 10.1. The van der Waals surface area contributed by atoms with Crippen LogP contribution in [0.15, 0.2) is 83.3 Å². The molecule has 0 bridgehead atoms. The summed E-state index contributed by atoms with van der Waals surface area (Å²) in [5.74, 6) is 1.71. The van der Waals surface area contributed by atoms with Gasteiger partial charge in [0.1, 0.15) is 11.8 Å². The molecule has 30 heavy (non-hydrogen) atoms. The van der Waals surface area contributed by atoms with Crippen molar-refractivity contribution in [1.29, 1.82) is 0 Å². The third kappa shape index (κ3) is 3.62. The van der Waals surface area contributed by atoms with Crippen LogP contribution in [0.2, 0.25) is 0 Å². The number of rotatable bonds is 6. The van der Waals surface area contributed by atoms with Gasteiger partial charge in [-0.25, -0.2) is 4.98 Å². The van der Waals surface area contributed by atoms with E-state index in [0.29, 0.717) is 11.8 Å². The second kappa shape index (κ2) is 7.96. The van der Waals surface area contributed by atoms with Crippen molar-refractivity contribution >= 4 is 26.7 Å². The number of aromatic nitrogens is 3. The molecule has 2 aromatic heterocycles. The van der Waals surface area contributed by atoms with Gasteiger partial charge >= 0.3 is 0 Å². The largest absolute Gasteiger partial charge is 0.497 e. The van der Waals surface area contributed by atoms with Gasteiger partial charge < -0.3 is 14.5 Å². The van der Waals surface area contributed by atoms with Crippen molar-refractivity contribution in [3.63, 3.8) is 0 Å². The van der Waals surface area contributed by atoms with Crippen molar-refractivity contribution in [1.82, 2.24) is 15.2 Å². The number of nitrogens with zero attached hydrogens (tertiary/aromatic N) is 3. The second-order valence-electron chi connectivity index (χ2n) is 6.65. The third-order valence-electron chi connectivity index (χ3n) is 4.72. The molecule has 148 valence electrons. The van der Waals surface area contributed by atoms with Crippen LogP contribution in [0.5, 0.6) is 5.75 Å². The molecule has 3 aromatic carbocycles. The lowest BCUT2D eigenvalue weighted by Gasteiger charge is -2.14. The molecule has 0 fully saturated rings. The molecule has 0 spiro atoms. The van der Waals surface area contributed by atoms with Crippen LogP contribution in [0.1, 0.15) is 17.5 Å². The molecular formula is C23H18N4O2S. The van der Waals surface area contributed by atoms with E-state index < -0.39 is 0 Å². The van der Waals surface area contributed by atoms with Gasteiger partial charge in [0, 0.05) is 5.56 Å². The quantitative estimate of drug-likeness (QED) is 0.392. The first-order chi connectivity index (χ1) is 14.8. The molecule has 7 heteroatoms. The van der Waals surface area contributed by atoms with E-state index in [4.69, 9.17) is 14.1 Å². The average molecular weight is 414 g/mol. The Kier molecular flexibility index (Phi) is 4.86. The Bertz CT molecular complexity index is 1230. The van der Waals surface area contributed by atoms with Crippen molar-refractivity contribution in [2.45, 2.75) is 6.04 Å². The molecule has 5 aromatic rings. The van der Waals surface area contributed by atoms with Gasteiger partial charge in [0.25, 0.3) is 0 Å². The second-order valence-corrected chi connectivity index (χ2v) is 7.68. The van der Waals surface area contributed by atoms with Crippen molar-refractivity contribution in [2.75, 3.05) is 12.4 Å². The predicted octanol–water partition coefficient (Wildman–Crippen LogP) is 5.56. The number of anilines is 1. The standard InChI is InChI=1S/C23H18N4O2S/c1-28-17-13-11-16(12-14-17)21-26-27-22(29-21)20(15-7-3-2-4-8-15)25-23-24-18-9-5-6-10-19(18)30-23/h2-14,20H,1H3,(H,24,25). The number of hydrogen-bond donors (Lipinski definition) is 1. The van der Waals surface area contributed by atoms with E-state index in [1.54, 1.807) is 18.4 Å². The molecule has 0 amide bonds. The summed E-state index contributed by atoms with van der Waals surface area (Å²) < 4.78 is 12.4. The van der Waals surface area contributed by atoms with Gasteiger partial charge in [0.2, 0.25) is 11.8 Å². The molecule has 2 heterocycles. The minimum Gasteiger partial charge on any atom is -0.497 e. The van der Waals surface area contributed by atoms with Gasteiger partial charge in [-0.1, -0.05) is 53.8 Å². The van der Waals surface area contributed by atoms with Gasteiger partial charge in [0.15, 0.2) is 5.13 Å². The highest BCUT2D eigenvalue weighted by atomic mass is 32.1. The van der Waals surface area contributed by atoms with E-state index in [1.807, 2.05) is 72.8 Å². The molecule has 1 unspecified atom stereocenters. The number of para-hydroxylation sites is 1. The van der Waals surface area contributed by atoms with Crippen molar-refractivity contribution in [3.05, 3.63) is 90.3 Å². The van der Waals surface area contributed by atoms with Crippen LogP contribution in [0.25, 0.3) is 21.7 Å². The van der Waals surface area contributed by atoms with Crippen LogP contribution in [0.4, 0.5) is 5.13 Å². The molecule has 0 saturated heterocycles. The van der Waals surface area contributed by atoms with Gasteiger partial charge in [-0.3, -0.25) is 0 Å². The maximum absolute atomic E-state index is 6.06. The fraction of sp³-hybridized carbons (Fsp3) is 0.0870. The molecule has 0 aliphatic rings. The first kappa shape index (κ1) is 18.3. The zero-order chi connectivity index (χ0) is 20.3. The van der Waals surface area contributed by atoms with Gasteiger partial charge in [-0.05, 0) is 42.0 Å². The van der Waals surface area contributed by atoms with E-state index in [9.17, 15) is 0 Å². The summed E-state index contributed by atoms with van der Waals surface area (Å²) in [4.78, 5) is 4.69. The number of ether oxygens (including phenoxy) is 1. The summed E-state index contributed by atoms with van der Waals surface area (Å²) >= 11 is 1.60. The van der Waals surface area contributed by atoms with E-state index in [2.05, 4.69) is 21.6 Å². The summed E-state index contributed by atoms with van der Waals surface area (Å²) in [5.41, 5.74) is 2.81. The zero-order valence-corrected chi connectivity index (χ0v) is 17.0. The summed E-state index contributed by atoms with van der Waals surface area (Å²) in [6, 6.07) is 25.3. The third-order valence-corrected chi connectivity index (χ3v) is 5.69. The summed E-state index contributed by atoms with van der Waals surface area (Å²) in [5, 5.41) is 12.9. The summed E-state index contributed by atoms with van der Waals surface area (Å²) in [6.07, 6.45) is 0. The Morgan fingerprint density at radius 2 is 1.67 bits per heavy atom. The molecule has 0 saturated carbocycles. The monoisotopic (exact) mass is 414 g/mol. The Morgan fingerprint density at radius 3 is 2.43 bits per heavy atom. The topological polar surface area (TPSA) is 73.1 Å². The highest BCUT2D eigenvalue weighted by Gasteiger charge is 2.22. The Hall–Kier alpha value is -3.71. The highest BCUT2D eigenvalue weighted by molar-refractivity contribution is 7.22. The first-order valence-electron chi connectivity index (χ1n) is 9.45. The molecule has 1 atom stereocenters. The number of thiazole rings is 1. The minimum absolute atomic E-state index is 0.314. The van der Waals surface area contributed by atoms with E-state index in [1.165, 1.54) is 0 Å². The van der Waals surface area contributed by atoms with E-state index in [0.717, 1.165) is 32.2 Å². The normalized spacial score (nSPS) is 12.0. The number of nitrogens with one attached hydrogen (secondary N) is 1. The smallest absolute Gasteiger partial charge is 0.247 e. The maximum atomic E-state index is 6.06. The maximum Gasteiger partial charge on any atom is 0.247 e. The van der Waals surface area contributed by atoms with E-state index in [-0.39, 0.29) is 6.04 Å². The molecular weight excluding hydrogens is 396 g/mol. The van der Waals surface area contributed by atoms with Crippen LogP contribution in [-0.4, -0.2) is 22.3 Å². The van der Waals surface area contributed by atoms with E-state index >= 15 is 0 Å². The minimum atomic E-state index is -0.314. The molecule has 1 N–H and O–H groups in total. The van der Waals surface area contributed by atoms with Crippen molar-refractivity contribution < 1.29 is 9.15 Å². The fourth-order valence-electron chi connectivity index (χ4n) is 3.19. The van der Waals surface area contributed by atoms with Crippen molar-refractivity contribution in [3.8, 4) is 17.2 Å². The molecule has 6 nitrogen and oxygen atoms in total. The Morgan fingerprint density at radius 1 is 0.900 bits per heavy atom. The highest BCUT2D eigenvalue weighted by Crippen LogP contribution is 2.32. The molecule has 0 radical (unpaired) electrons. The fourth-order valence-corrected chi connectivity index (χ4v) is 4.09. The molecule has 0 aliphatic heterocycles. The van der Waals surface area contributed by atoms with Crippen LogP contribution < -0.4 is 10.1 Å². The lowest BCUT2D eigenvalue weighted by molar-refractivity contribution is 0.415. The summed E-state index contributed by atoms with van der Waals surface area (Å²) in [6.45, 7) is 0. The van der Waals surface area contributed by atoms with Gasteiger partial charge in [-0.2, -0.15) is 0 Å².